The van der Waals surface area contributed by atoms with E-state index in [1.165, 1.54) is 6.07 Å². The number of aromatic amines is 1. The van der Waals surface area contributed by atoms with Crippen LogP contribution in [-0.4, -0.2) is 32.5 Å². The molecular weight excluding hydrogens is 310 g/mol. The second-order valence-corrected chi connectivity index (χ2v) is 5.34. The third kappa shape index (κ3) is 2.94. The van der Waals surface area contributed by atoms with Gasteiger partial charge in [-0.1, -0.05) is 6.07 Å². The molecule has 0 radical (unpaired) electrons. The summed E-state index contributed by atoms with van der Waals surface area (Å²) in [6.07, 6.45) is 0. The molecule has 8 heteroatoms. The topological polar surface area (TPSA) is 112 Å². The molecule has 2 heterocycles. The van der Waals surface area contributed by atoms with Crippen LogP contribution >= 0.6 is 0 Å². The molecule has 0 aliphatic rings. The molecule has 0 fully saturated rings. The first-order chi connectivity index (χ1) is 11.5. The molecule has 0 aliphatic carbocycles. The highest BCUT2D eigenvalue weighted by molar-refractivity contribution is 5.90. The van der Waals surface area contributed by atoms with Gasteiger partial charge in [0.25, 0.3) is 5.56 Å². The molecule has 8 nitrogen and oxygen atoms in total. The zero-order valence-corrected chi connectivity index (χ0v) is 13.3. The number of nitrogens with zero attached hydrogens (tertiary/aromatic N) is 2. The monoisotopic (exact) mass is 327 g/mol. The van der Waals surface area contributed by atoms with Crippen molar-refractivity contribution in [3.63, 3.8) is 0 Å². The summed E-state index contributed by atoms with van der Waals surface area (Å²) in [5, 5.41) is 14.8. The molecule has 1 aromatic carbocycles. The molecule has 3 rings (SSSR count). The molecule has 3 aromatic rings. The van der Waals surface area contributed by atoms with Gasteiger partial charge in [-0.2, -0.15) is 4.73 Å². The summed E-state index contributed by atoms with van der Waals surface area (Å²) < 4.78 is 0.602. The summed E-state index contributed by atoms with van der Waals surface area (Å²) in [6, 6.07) is 8.20. The van der Waals surface area contributed by atoms with E-state index in [9.17, 15) is 14.8 Å². The van der Waals surface area contributed by atoms with E-state index in [-0.39, 0.29) is 6.03 Å². The molecule has 0 aliphatic heterocycles. The predicted molar refractivity (Wildman–Crippen MR) is 90.4 cm³/mol. The summed E-state index contributed by atoms with van der Waals surface area (Å²) in [5.41, 5.74) is 2.84. The number of amides is 2. The quantitative estimate of drug-likeness (QED) is 0.552. The summed E-state index contributed by atoms with van der Waals surface area (Å²) in [5.74, 6) is 0.343. The highest BCUT2D eigenvalue weighted by Crippen LogP contribution is 2.24. The van der Waals surface area contributed by atoms with Crippen LogP contribution in [0.1, 0.15) is 12.6 Å². The summed E-state index contributed by atoms with van der Waals surface area (Å²) >= 11 is 0. The minimum Gasteiger partial charge on any atom is -0.425 e. The number of fused-ring (bicyclic) bond motifs is 1. The molecule has 0 spiro atoms. The number of anilines is 1. The van der Waals surface area contributed by atoms with Crippen LogP contribution in [0, 0.1) is 6.92 Å². The molecule has 2 amide bonds. The Kier molecular flexibility index (Phi) is 3.95. The number of carbonyl (C=O) groups excluding carboxylic acids is 1. The van der Waals surface area contributed by atoms with Crippen LogP contribution < -0.4 is 16.2 Å². The summed E-state index contributed by atoms with van der Waals surface area (Å²) in [7, 11) is 0. The van der Waals surface area contributed by atoms with Crippen molar-refractivity contribution in [3.8, 4) is 11.1 Å². The maximum absolute atomic E-state index is 11.7. The Morgan fingerprint density at radius 2 is 2.08 bits per heavy atom. The number of hydrogen-bond acceptors (Lipinski definition) is 4. The van der Waals surface area contributed by atoms with E-state index in [1.54, 1.807) is 13.0 Å². The lowest BCUT2D eigenvalue weighted by Gasteiger charge is -2.05. The van der Waals surface area contributed by atoms with Gasteiger partial charge >= 0.3 is 6.03 Å². The van der Waals surface area contributed by atoms with Crippen LogP contribution in [0.15, 0.2) is 35.1 Å². The van der Waals surface area contributed by atoms with E-state index in [0.29, 0.717) is 34.0 Å². The first-order valence-electron chi connectivity index (χ1n) is 7.46. The molecule has 124 valence electrons. The zero-order chi connectivity index (χ0) is 17.3. The van der Waals surface area contributed by atoms with Crippen molar-refractivity contribution in [2.75, 3.05) is 11.9 Å². The molecule has 0 atom stereocenters. The normalized spacial score (nSPS) is 10.8. The maximum Gasteiger partial charge on any atom is 0.321 e. The first-order valence-corrected chi connectivity index (χ1v) is 7.46. The number of imidazole rings is 1. The Bertz CT molecular complexity index is 973. The van der Waals surface area contributed by atoms with Crippen molar-refractivity contribution in [3.05, 3.63) is 46.4 Å². The van der Waals surface area contributed by atoms with E-state index in [4.69, 9.17) is 0 Å². The second-order valence-electron chi connectivity index (χ2n) is 5.34. The summed E-state index contributed by atoms with van der Waals surface area (Å²) in [4.78, 5) is 30.6. The number of pyridine rings is 1. The van der Waals surface area contributed by atoms with Gasteiger partial charge < -0.3 is 15.5 Å². The fourth-order valence-corrected chi connectivity index (χ4v) is 2.42. The van der Waals surface area contributed by atoms with Gasteiger partial charge in [0.05, 0.1) is 16.7 Å². The van der Waals surface area contributed by atoms with Gasteiger partial charge in [0.15, 0.2) is 0 Å². The molecule has 4 N–H and O–H groups in total. The highest BCUT2D eigenvalue weighted by atomic mass is 16.5. The second kappa shape index (κ2) is 6.07. The van der Waals surface area contributed by atoms with Gasteiger partial charge in [-0.15, -0.1) is 0 Å². The summed E-state index contributed by atoms with van der Waals surface area (Å²) in [6.45, 7) is 3.99. The number of nitrogens with one attached hydrogen (secondary N) is 3. The van der Waals surface area contributed by atoms with Crippen LogP contribution in [0.3, 0.4) is 0 Å². The van der Waals surface area contributed by atoms with E-state index in [1.807, 2.05) is 25.1 Å². The molecule has 0 unspecified atom stereocenters. The highest BCUT2D eigenvalue weighted by Gasteiger charge is 2.09. The molecule has 0 saturated heterocycles. The van der Waals surface area contributed by atoms with E-state index < -0.39 is 5.56 Å². The third-order valence-corrected chi connectivity index (χ3v) is 3.57. The van der Waals surface area contributed by atoms with Crippen molar-refractivity contribution in [1.29, 1.82) is 0 Å². The van der Waals surface area contributed by atoms with Crippen molar-refractivity contribution in [1.82, 2.24) is 20.0 Å². The van der Waals surface area contributed by atoms with E-state index in [2.05, 4.69) is 20.6 Å². The lowest BCUT2D eigenvalue weighted by Crippen LogP contribution is -2.28. The fraction of sp³-hybridized carbons (Fsp3) is 0.188. The van der Waals surface area contributed by atoms with E-state index >= 15 is 0 Å². The van der Waals surface area contributed by atoms with Gasteiger partial charge in [0, 0.05) is 12.6 Å². The van der Waals surface area contributed by atoms with Crippen LogP contribution in [0.5, 0.6) is 0 Å². The molecule has 2 aromatic heterocycles. The Morgan fingerprint density at radius 1 is 1.29 bits per heavy atom. The Hall–Kier alpha value is -3.29. The molecule has 0 bridgehead atoms. The van der Waals surface area contributed by atoms with Crippen molar-refractivity contribution in [2.24, 2.45) is 0 Å². The average molecular weight is 327 g/mol. The number of benzene rings is 1. The van der Waals surface area contributed by atoms with Crippen molar-refractivity contribution >= 4 is 23.0 Å². The number of aryl methyl sites for hydroxylation is 1. The van der Waals surface area contributed by atoms with Crippen molar-refractivity contribution < 1.29 is 10.0 Å². The Labute approximate surface area is 137 Å². The van der Waals surface area contributed by atoms with Crippen LogP contribution in [0.25, 0.3) is 22.2 Å². The van der Waals surface area contributed by atoms with Gasteiger partial charge in [0.1, 0.15) is 0 Å². The number of hydrogen-bond donors (Lipinski definition) is 4. The van der Waals surface area contributed by atoms with Gasteiger partial charge in [-0.05, 0) is 43.2 Å². The molecular formula is C16H17N5O3. The average Bonchev–Trinajstić information content (AvgIpc) is 2.93. The van der Waals surface area contributed by atoms with Gasteiger partial charge in [-0.3, -0.25) is 10.1 Å². The van der Waals surface area contributed by atoms with Crippen LogP contribution in [-0.2, 0) is 0 Å². The number of aromatic nitrogens is 3. The van der Waals surface area contributed by atoms with Crippen LogP contribution in [0.2, 0.25) is 0 Å². The maximum atomic E-state index is 11.7. The smallest absolute Gasteiger partial charge is 0.321 e. The Balaban J connectivity index is 1.97. The number of carbonyl (C=O) groups is 1. The van der Waals surface area contributed by atoms with Gasteiger partial charge in [0.2, 0.25) is 5.95 Å². The van der Waals surface area contributed by atoms with Crippen molar-refractivity contribution in [2.45, 2.75) is 13.8 Å². The minimum atomic E-state index is -0.495. The predicted octanol–water partition coefficient (Wildman–Crippen LogP) is 2.08. The lowest BCUT2D eigenvalue weighted by atomic mass is 10.1. The fourth-order valence-electron chi connectivity index (χ4n) is 2.42. The number of rotatable bonds is 3. The largest absolute Gasteiger partial charge is 0.425 e. The minimum absolute atomic E-state index is 0.334. The standard InChI is InChI=1S/C16H17N5O3/c1-3-17-16(23)20-15-18-12-5-4-10(7-13(12)19-15)11-6-9(2)21(24)14(22)8-11/h4-8,24H,3H2,1-2H3,(H3,17,18,19,20,23). The van der Waals surface area contributed by atoms with E-state index in [0.717, 1.165) is 11.1 Å². The first kappa shape index (κ1) is 15.6. The van der Waals surface area contributed by atoms with Gasteiger partial charge in [-0.25, -0.2) is 9.78 Å². The SMILES string of the molecule is CCNC(=O)Nc1nc2cc(-c3cc(C)n(O)c(=O)c3)ccc2[nH]1. The molecule has 24 heavy (non-hydrogen) atoms. The number of H-pyrrole nitrogens is 1. The Morgan fingerprint density at radius 3 is 2.79 bits per heavy atom. The zero-order valence-electron chi connectivity index (χ0n) is 13.3. The number of urea groups is 1. The van der Waals surface area contributed by atoms with Crippen LogP contribution in [0.4, 0.5) is 10.7 Å². The third-order valence-electron chi connectivity index (χ3n) is 3.57. The molecule has 0 saturated carbocycles. The lowest BCUT2D eigenvalue weighted by molar-refractivity contribution is 0.168.